The number of anilines is 3. The Balaban J connectivity index is 1.61. The summed E-state index contributed by atoms with van der Waals surface area (Å²) >= 11 is 0. The first-order valence-corrected chi connectivity index (χ1v) is 10.3. The van der Waals surface area contributed by atoms with Gasteiger partial charge in [0.2, 0.25) is 5.91 Å². The van der Waals surface area contributed by atoms with E-state index in [0.29, 0.717) is 23.6 Å². The molecule has 0 saturated carbocycles. The Morgan fingerprint density at radius 3 is 2.44 bits per heavy atom. The van der Waals surface area contributed by atoms with Gasteiger partial charge in [-0.05, 0) is 55.0 Å². The third kappa shape index (κ3) is 6.22. The molecule has 0 aromatic heterocycles. The molecule has 3 rings (SSSR count). The third-order valence-corrected chi connectivity index (χ3v) is 4.64. The zero-order valence-corrected chi connectivity index (χ0v) is 18.3. The minimum Gasteiger partial charge on any atom is -0.487 e. The van der Waals surface area contributed by atoms with Crippen molar-refractivity contribution in [2.24, 2.45) is 0 Å². The molecule has 0 heterocycles. The average molecular weight is 430 g/mol. The fourth-order valence-electron chi connectivity index (χ4n) is 3.01. The highest BCUT2D eigenvalue weighted by atomic mass is 16.5. The smallest absolute Gasteiger partial charge is 0.258 e. The summed E-state index contributed by atoms with van der Waals surface area (Å²) in [6.07, 6.45) is 0. The van der Waals surface area contributed by atoms with Crippen LogP contribution in [-0.4, -0.2) is 32.0 Å². The van der Waals surface area contributed by atoms with Gasteiger partial charge in [0.25, 0.3) is 5.91 Å². The molecule has 32 heavy (non-hydrogen) atoms. The summed E-state index contributed by atoms with van der Waals surface area (Å²) in [6, 6.07) is 23.7. The van der Waals surface area contributed by atoms with Crippen LogP contribution in [0.1, 0.15) is 17.3 Å². The van der Waals surface area contributed by atoms with Crippen LogP contribution in [-0.2, 0) is 4.79 Å². The van der Waals surface area contributed by atoms with Crippen molar-refractivity contribution in [3.05, 3.63) is 96.6 Å². The number of amides is 2. The number of para-hydroxylation sites is 3. The van der Waals surface area contributed by atoms with Gasteiger partial charge in [-0.1, -0.05) is 43.0 Å². The van der Waals surface area contributed by atoms with Gasteiger partial charge in [0.15, 0.2) is 0 Å². The van der Waals surface area contributed by atoms with Crippen LogP contribution in [0.5, 0.6) is 5.75 Å². The molecule has 0 radical (unpaired) electrons. The first kappa shape index (κ1) is 22.6. The van der Waals surface area contributed by atoms with Crippen LogP contribution in [0.25, 0.3) is 0 Å². The zero-order valence-electron chi connectivity index (χ0n) is 18.3. The van der Waals surface area contributed by atoms with Crippen molar-refractivity contribution in [2.75, 3.05) is 35.7 Å². The summed E-state index contributed by atoms with van der Waals surface area (Å²) in [5.41, 5.74) is 3.46. The van der Waals surface area contributed by atoms with E-state index in [9.17, 15) is 9.59 Å². The first-order chi connectivity index (χ1) is 15.4. The average Bonchev–Trinajstić information content (AvgIpc) is 2.81. The molecule has 0 aliphatic carbocycles. The number of hydrogen-bond acceptors (Lipinski definition) is 4. The minimum atomic E-state index is -0.235. The van der Waals surface area contributed by atoms with E-state index < -0.39 is 0 Å². The Bertz CT molecular complexity index is 1100. The van der Waals surface area contributed by atoms with Crippen molar-refractivity contribution in [2.45, 2.75) is 6.92 Å². The van der Waals surface area contributed by atoms with Gasteiger partial charge in [0, 0.05) is 24.0 Å². The molecule has 0 aliphatic heterocycles. The lowest BCUT2D eigenvalue weighted by Gasteiger charge is -2.18. The Labute approximate surface area is 188 Å². The van der Waals surface area contributed by atoms with E-state index in [1.54, 1.807) is 36.2 Å². The fourth-order valence-corrected chi connectivity index (χ4v) is 3.01. The standard InChI is InChI=1S/C26H27N3O3/c1-19(2)18-32-24-15-8-7-14-23(24)27-17-25(30)28-21-11-9-10-20(16-21)26(31)29(3)22-12-5-4-6-13-22/h4-16,27H,1,17-18H2,2-3H3,(H,28,30). The van der Waals surface area contributed by atoms with Crippen LogP contribution in [0.15, 0.2) is 91.0 Å². The fraction of sp³-hybridized carbons (Fsp3) is 0.154. The summed E-state index contributed by atoms with van der Waals surface area (Å²) in [6.45, 7) is 6.18. The summed E-state index contributed by atoms with van der Waals surface area (Å²) in [7, 11) is 1.72. The second-order valence-corrected chi connectivity index (χ2v) is 7.42. The van der Waals surface area contributed by atoms with Crippen molar-refractivity contribution < 1.29 is 14.3 Å². The normalized spacial score (nSPS) is 10.2. The second kappa shape index (κ2) is 10.8. The molecule has 3 aromatic rings. The maximum Gasteiger partial charge on any atom is 0.258 e. The lowest BCUT2D eigenvalue weighted by molar-refractivity contribution is -0.114. The zero-order chi connectivity index (χ0) is 22.9. The van der Waals surface area contributed by atoms with Gasteiger partial charge >= 0.3 is 0 Å². The van der Waals surface area contributed by atoms with Crippen LogP contribution < -0.4 is 20.3 Å². The van der Waals surface area contributed by atoms with E-state index in [1.165, 1.54) is 0 Å². The maximum absolute atomic E-state index is 12.8. The van der Waals surface area contributed by atoms with Crippen LogP contribution in [0.4, 0.5) is 17.1 Å². The molecular formula is C26H27N3O3. The predicted octanol–water partition coefficient (Wildman–Crippen LogP) is 4.97. The molecule has 2 amide bonds. The molecule has 6 nitrogen and oxygen atoms in total. The van der Waals surface area contributed by atoms with Gasteiger partial charge in [0.05, 0.1) is 12.2 Å². The lowest BCUT2D eigenvalue weighted by Crippen LogP contribution is -2.26. The molecular weight excluding hydrogens is 402 g/mol. The van der Waals surface area contributed by atoms with Crippen molar-refractivity contribution in [1.82, 2.24) is 0 Å². The molecule has 0 atom stereocenters. The quantitative estimate of drug-likeness (QED) is 0.471. The Morgan fingerprint density at radius 2 is 1.69 bits per heavy atom. The SMILES string of the molecule is C=C(C)COc1ccccc1NCC(=O)Nc1cccc(C(=O)N(C)c2ccccc2)c1. The molecule has 0 bridgehead atoms. The number of nitrogens with one attached hydrogen (secondary N) is 2. The Kier molecular flexibility index (Phi) is 7.65. The van der Waals surface area contributed by atoms with E-state index in [4.69, 9.17) is 4.74 Å². The summed E-state index contributed by atoms with van der Waals surface area (Å²) in [5, 5.41) is 5.92. The third-order valence-electron chi connectivity index (χ3n) is 4.64. The molecule has 0 aliphatic rings. The number of carbonyl (C=O) groups is 2. The highest BCUT2D eigenvalue weighted by molar-refractivity contribution is 6.06. The maximum atomic E-state index is 12.8. The van der Waals surface area contributed by atoms with E-state index in [0.717, 1.165) is 16.9 Å². The molecule has 0 unspecified atom stereocenters. The highest BCUT2D eigenvalue weighted by Gasteiger charge is 2.14. The monoisotopic (exact) mass is 429 g/mol. The number of benzene rings is 3. The van der Waals surface area contributed by atoms with Gasteiger partial charge in [0.1, 0.15) is 12.4 Å². The number of hydrogen-bond donors (Lipinski definition) is 2. The van der Waals surface area contributed by atoms with Gasteiger partial charge in [-0.15, -0.1) is 0 Å². The number of ether oxygens (including phenoxy) is 1. The first-order valence-electron chi connectivity index (χ1n) is 10.3. The highest BCUT2D eigenvalue weighted by Crippen LogP contribution is 2.24. The molecule has 0 saturated heterocycles. The van der Waals surface area contributed by atoms with Crippen molar-refractivity contribution in [3.8, 4) is 5.75 Å². The van der Waals surface area contributed by atoms with Gasteiger partial charge in [-0.25, -0.2) is 0 Å². The van der Waals surface area contributed by atoms with Crippen LogP contribution in [0.2, 0.25) is 0 Å². The van der Waals surface area contributed by atoms with Crippen LogP contribution in [0, 0.1) is 0 Å². The van der Waals surface area contributed by atoms with E-state index in [1.807, 2.05) is 61.5 Å². The molecule has 164 valence electrons. The van der Waals surface area contributed by atoms with Gasteiger partial charge < -0.3 is 20.3 Å². The predicted molar refractivity (Wildman–Crippen MR) is 129 cm³/mol. The van der Waals surface area contributed by atoms with Crippen LogP contribution in [0.3, 0.4) is 0 Å². The molecule has 0 fully saturated rings. The Morgan fingerprint density at radius 1 is 0.969 bits per heavy atom. The molecule has 2 N–H and O–H groups in total. The van der Waals surface area contributed by atoms with Crippen molar-refractivity contribution >= 4 is 28.9 Å². The van der Waals surface area contributed by atoms with E-state index >= 15 is 0 Å². The van der Waals surface area contributed by atoms with Crippen molar-refractivity contribution in [3.63, 3.8) is 0 Å². The van der Waals surface area contributed by atoms with Crippen LogP contribution >= 0.6 is 0 Å². The van der Waals surface area contributed by atoms with E-state index in [2.05, 4.69) is 17.2 Å². The summed E-state index contributed by atoms with van der Waals surface area (Å²) < 4.78 is 5.71. The van der Waals surface area contributed by atoms with E-state index in [-0.39, 0.29) is 18.4 Å². The number of rotatable bonds is 9. The van der Waals surface area contributed by atoms with Gasteiger partial charge in [-0.2, -0.15) is 0 Å². The largest absolute Gasteiger partial charge is 0.487 e. The number of carbonyl (C=O) groups excluding carboxylic acids is 2. The molecule has 0 spiro atoms. The summed E-state index contributed by atoms with van der Waals surface area (Å²) in [5.74, 6) is 0.259. The summed E-state index contributed by atoms with van der Waals surface area (Å²) in [4.78, 5) is 26.9. The Hall–Kier alpha value is -4.06. The molecule has 3 aromatic carbocycles. The molecule has 6 heteroatoms. The lowest BCUT2D eigenvalue weighted by atomic mass is 10.1. The topological polar surface area (TPSA) is 70.7 Å². The minimum absolute atomic E-state index is 0.0511. The second-order valence-electron chi connectivity index (χ2n) is 7.42. The van der Waals surface area contributed by atoms with Gasteiger partial charge in [-0.3, -0.25) is 9.59 Å². The number of nitrogens with zero attached hydrogens (tertiary/aromatic N) is 1. The van der Waals surface area contributed by atoms with Crippen molar-refractivity contribution in [1.29, 1.82) is 0 Å².